The fourth-order valence-electron chi connectivity index (χ4n) is 1.58. The van der Waals surface area contributed by atoms with Gasteiger partial charge in [-0.05, 0) is 12.0 Å². The molecule has 0 amide bonds. The molecule has 0 radical (unpaired) electrons. The van der Waals surface area contributed by atoms with Gasteiger partial charge in [-0.25, -0.2) is 0 Å². The number of hydrogen-bond donors (Lipinski definition) is 3. The van der Waals surface area contributed by atoms with E-state index in [1.807, 2.05) is 0 Å². The van der Waals surface area contributed by atoms with Crippen molar-refractivity contribution in [3.63, 3.8) is 0 Å². The third kappa shape index (κ3) is 4.24. The molecule has 0 saturated heterocycles. The molecule has 3 N–H and O–H groups in total. The lowest BCUT2D eigenvalue weighted by atomic mass is 9.92. The Morgan fingerprint density at radius 2 is 1.71 bits per heavy atom. The van der Waals surface area contributed by atoms with E-state index in [1.54, 1.807) is 30.3 Å². The van der Waals surface area contributed by atoms with Gasteiger partial charge in [0.15, 0.2) is 0 Å². The van der Waals surface area contributed by atoms with E-state index in [-0.39, 0.29) is 6.42 Å². The summed E-state index contributed by atoms with van der Waals surface area (Å²) in [6.45, 7) is 0. The predicted octanol–water partition coefficient (Wildman–Crippen LogP) is 0.765. The molecule has 5 nitrogen and oxygen atoms in total. The first-order valence-corrected chi connectivity index (χ1v) is 5.17. The molecule has 1 aromatic carbocycles. The van der Waals surface area contributed by atoms with Crippen LogP contribution in [0.2, 0.25) is 0 Å². The standard InChI is InChI=1S/C12H14O5/c13-10(7-11(14)15)9(12(16)17)6-8-4-2-1-3-5-8/h1-5,9-10,13H,6-7H2,(H,14,15)(H,16,17). The smallest absolute Gasteiger partial charge is 0.309 e. The Hall–Kier alpha value is -1.88. The number of carbonyl (C=O) groups is 2. The van der Waals surface area contributed by atoms with E-state index in [1.165, 1.54) is 0 Å². The van der Waals surface area contributed by atoms with Gasteiger partial charge in [-0.1, -0.05) is 30.3 Å². The van der Waals surface area contributed by atoms with Gasteiger partial charge in [0.2, 0.25) is 0 Å². The van der Waals surface area contributed by atoms with Crippen LogP contribution in [0.4, 0.5) is 0 Å². The number of carboxylic acid groups (broad SMARTS) is 2. The van der Waals surface area contributed by atoms with E-state index >= 15 is 0 Å². The molecule has 2 unspecified atom stereocenters. The average Bonchev–Trinajstić information content (AvgIpc) is 2.25. The first-order chi connectivity index (χ1) is 8.00. The summed E-state index contributed by atoms with van der Waals surface area (Å²) in [5.41, 5.74) is 0.754. The number of hydrogen-bond acceptors (Lipinski definition) is 3. The summed E-state index contributed by atoms with van der Waals surface area (Å²) in [7, 11) is 0. The van der Waals surface area contributed by atoms with E-state index in [0.29, 0.717) is 0 Å². The van der Waals surface area contributed by atoms with Crippen LogP contribution in [0.5, 0.6) is 0 Å². The van der Waals surface area contributed by atoms with Gasteiger partial charge < -0.3 is 15.3 Å². The van der Waals surface area contributed by atoms with Gasteiger partial charge in [0.05, 0.1) is 18.4 Å². The molecule has 5 heteroatoms. The summed E-state index contributed by atoms with van der Waals surface area (Å²) in [5, 5.41) is 27.0. The third-order valence-corrected chi connectivity index (χ3v) is 2.46. The Kier molecular flexibility index (Phi) is 4.66. The summed E-state index contributed by atoms with van der Waals surface area (Å²) in [6, 6.07) is 8.80. The van der Waals surface area contributed by atoms with Gasteiger partial charge in [-0.2, -0.15) is 0 Å². The molecule has 1 aromatic rings. The minimum Gasteiger partial charge on any atom is -0.481 e. The van der Waals surface area contributed by atoms with Crippen LogP contribution in [-0.4, -0.2) is 33.4 Å². The van der Waals surface area contributed by atoms with E-state index in [2.05, 4.69) is 0 Å². The second-order valence-electron chi connectivity index (χ2n) is 3.80. The van der Waals surface area contributed by atoms with Crippen LogP contribution in [0.3, 0.4) is 0 Å². The van der Waals surface area contributed by atoms with Gasteiger partial charge in [-0.15, -0.1) is 0 Å². The normalized spacial score (nSPS) is 13.9. The zero-order chi connectivity index (χ0) is 12.8. The lowest BCUT2D eigenvalue weighted by Crippen LogP contribution is -2.31. The van der Waals surface area contributed by atoms with Crippen molar-refractivity contribution in [1.29, 1.82) is 0 Å². The molecular weight excluding hydrogens is 224 g/mol. The maximum atomic E-state index is 11.0. The molecule has 17 heavy (non-hydrogen) atoms. The number of aliphatic hydroxyl groups excluding tert-OH is 1. The fraction of sp³-hybridized carbons (Fsp3) is 0.333. The lowest BCUT2D eigenvalue weighted by Gasteiger charge is -2.17. The fourth-order valence-corrected chi connectivity index (χ4v) is 1.58. The first-order valence-electron chi connectivity index (χ1n) is 5.17. The second kappa shape index (κ2) is 6.00. The Balaban J connectivity index is 2.73. The van der Waals surface area contributed by atoms with Crippen molar-refractivity contribution in [3.05, 3.63) is 35.9 Å². The second-order valence-corrected chi connectivity index (χ2v) is 3.80. The third-order valence-electron chi connectivity index (χ3n) is 2.46. The summed E-state index contributed by atoms with van der Waals surface area (Å²) in [4.78, 5) is 21.4. The maximum Gasteiger partial charge on any atom is 0.309 e. The predicted molar refractivity (Wildman–Crippen MR) is 59.5 cm³/mol. The number of aliphatic hydroxyl groups is 1. The Morgan fingerprint density at radius 1 is 1.12 bits per heavy atom. The summed E-state index contributed by atoms with van der Waals surface area (Å²) in [6.07, 6.45) is -1.83. The Morgan fingerprint density at radius 3 is 2.18 bits per heavy atom. The van der Waals surface area contributed by atoms with E-state index in [9.17, 15) is 14.7 Å². The average molecular weight is 238 g/mol. The van der Waals surface area contributed by atoms with Crippen molar-refractivity contribution in [2.75, 3.05) is 0 Å². The van der Waals surface area contributed by atoms with Crippen LogP contribution in [-0.2, 0) is 16.0 Å². The quantitative estimate of drug-likeness (QED) is 0.680. The van der Waals surface area contributed by atoms with Gasteiger partial charge in [0, 0.05) is 0 Å². The molecule has 0 aromatic heterocycles. The minimum absolute atomic E-state index is 0.116. The highest BCUT2D eigenvalue weighted by molar-refractivity contribution is 5.73. The van der Waals surface area contributed by atoms with Crippen molar-refractivity contribution in [1.82, 2.24) is 0 Å². The number of aliphatic carboxylic acids is 2. The molecule has 2 atom stereocenters. The van der Waals surface area contributed by atoms with Crippen LogP contribution in [0.15, 0.2) is 30.3 Å². The van der Waals surface area contributed by atoms with Gasteiger partial charge >= 0.3 is 11.9 Å². The number of carboxylic acids is 2. The zero-order valence-corrected chi connectivity index (χ0v) is 9.11. The highest BCUT2D eigenvalue weighted by Crippen LogP contribution is 2.15. The topological polar surface area (TPSA) is 94.8 Å². The number of rotatable bonds is 6. The van der Waals surface area contributed by atoms with E-state index < -0.39 is 30.4 Å². The SMILES string of the molecule is O=C(O)CC(O)C(Cc1ccccc1)C(=O)O. The number of benzene rings is 1. The largest absolute Gasteiger partial charge is 0.481 e. The van der Waals surface area contributed by atoms with Crippen LogP contribution in [0.1, 0.15) is 12.0 Å². The van der Waals surface area contributed by atoms with Crippen molar-refractivity contribution in [2.24, 2.45) is 5.92 Å². The maximum absolute atomic E-state index is 11.0. The molecule has 92 valence electrons. The molecule has 0 spiro atoms. The molecule has 0 aliphatic heterocycles. The van der Waals surface area contributed by atoms with Crippen LogP contribution in [0, 0.1) is 5.92 Å². The van der Waals surface area contributed by atoms with Crippen LogP contribution < -0.4 is 0 Å². The molecule has 0 saturated carbocycles. The van der Waals surface area contributed by atoms with Crippen molar-refractivity contribution >= 4 is 11.9 Å². The highest BCUT2D eigenvalue weighted by Gasteiger charge is 2.28. The highest BCUT2D eigenvalue weighted by atomic mass is 16.4. The lowest BCUT2D eigenvalue weighted by molar-refractivity contribution is -0.148. The van der Waals surface area contributed by atoms with Crippen molar-refractivity contribution < 1.29 is 24.9 Å². The van der Waals surface area contributed by atoms with E-state index in [4.69, 9.17) is 10.2 Å². The molecule has 0 fully saturated rings. The molecule has 0 aliphatic carbocycles. The monoisotopic (exact) mass is 238 g/mol. The molecule has 0 bridgehead atoms. The van der Waals surface area contributed by atoms with Crippen LogP contribution in [0.25, 0.3) is 0 Å². The first kappa shape index (κ1) is 13.2. The zero-order valence-electron chi connectivity index (χ0n) is 9.11. The molecular formula is C12H14O5. The van der Waals surface area contributed by atoms with Gasteiger partial charge in [0.1, 0.15) is 0 Å². The Labute approximate surface area is 98.3 Å². The van der Waals surface area contributed by atoms with Crippen molar-refractivity contribution in [2.45, 2.75) is 18.9 Å². The molecule has 0 heterocycles. The van der Waals surface area contributed by atoms with Gasteiger partial charge in [-0.3, -0.25) is 9.59 Å². The minimum atomic E-state index is -1.38. The van der Waals surface area contributed by atoms with Gasteiger partial charge in [0.25, 0.3) is 0 Å². The van der Waals surface area contributed by atoms with Crippen LogP contribution >= 0.6 is 0 Å². The summed E-state index contributed by atoms with van der Waals surface area (Å²) >= 11 is 0. The van der Waals surface area contributed by atoms with Crippen molar-refractivity contribution in [3.8, 4) is 0 Å². The summed E-state index contributed by atoms with van der Waals surface area (Å²) < 4.78 is 0. The molecule has 0 aliphatic rings. The molecule has 1 rings (SSSR count). The van der Waals surface area contributed by atoms with E-state index in [0.717, 1.165) is 5.56 Å². The summed E-state index contributed by atoms with van der Waals surface area (Å²) in [5.74, 6) is -3.51. The Bertz CT molecular complexity index is 387.